The van der Waals surface area contributed by atoms with Crippen LogP contribution in [0.3, 0.4) is 0 Å². The van der Waals surface area contributed by atoms with Crippen molar-refractivity contribution in [3.8, 4) is 0 Å². The van der Waals surface area contributed by atoms with Crippen molar-refractivity contribution in [2.45, 2.75) is 12.1 Å². The minimum atomic E-state index is -0.0833. The smallest absolute Gasteiger partial charge is 0.0894 e. The normalized spacial score (nSPS) is 24.3. The van der Waals surface area contributed by atoms with Crippen LogP contribution in [0.2, 0.25) is 5.02 Å². The highest BCUT2D eigenvalue weighted by Gasteiger charge is 2.24. The van der Waals surface area contributed by atoms with Gasteiger partial charge in [0.1, 0.15) is 0 Å². The van der Waals surface area contributed by atoms with E-state index in [4.69, 9.17) is 22.1 Å². The lowest BCUT2D eigenvalue weighted by Crippen LogP contribution is -2.45. The molecule has 1 aromatic rings. The molecule has 0 amide bonds. The highest BCUT2D eigenvalue weighted by atomic mass is 35.5. The molecule has 2 N–H and O–H groups in total. The van der Waals surface area contributed by atoms with Crippen LogP contribution in [-0.2, 0) is 4.74 Å². The maximum atomic E-state index is 6.19. The average molecular weight is 241 g/mol. The summed E-state index contributed by atoms with van der Waals surface area (Å²) in [6.07, 6.45) is 0.0694. The molecule has 2 atom stereocenters. The predicted molar refractivity (Wildman–Crippen MR) is 65.6 cm³/mol. The number of likely N-dealkylation sites (N-methyl/N-ethyl adjacent to an activating group) is 1. The Balaban J connectivity index is 2.06. The Labute approximate surface area is 101 Å². The Morgan fingerprint density at radius 1 is 1.44 bits per heavy atom. The van der Waals surface area contributed by atoms with Crippen LogP contribution < -0.4 is 5.73 Å². The molecule has 0 bridgehead atoms. The highest BCUT2D eigenvalue weighted by molar-refractivity contribution is 6.30. The molecule has 1 aromatic carbocycles. The van der Waals surface area contributed by atoms with E-state index in [1.54, 1.807) is 0 Å². The predicted octanol–water partition coefficient (Wildman–Crippen LogP) is 1.67. The lowest BCUT2D eigenvalue weighted by molar-refractivity contribution is -0.0326. The summed E-state index contributed by atoms with van der Waals surface area (Å²) < 4.78 is 5.70. The van der Waals surface area contributed by atoms with Crippen molar-refractivity contribution in [2.75, 3.05) is 26.7 Å². The second-order valence-electron chi connectivity index (χ2n) is 4.25. The third-order valence-electron chi connectivity index (χ3n) is 2.95. The summed E-state index contributed by atoms with van der Waals surface area (Å²) in [6.45, 7) is 2.61. The summed E-state index contributed by atoms with van der Waals surface area (Å²) in [7, 11) is 2.09. The second-order valence-corrected chi connectivity index (χ2v) is 4.69. The largest absolute Gasteiger partial charge is 0.374 e. The summed E-state index contributed by atoms with van der Waals surface area (Å²) in [6, 6.07) is 7.57. The Kier molecular flexibility index (Phi) is 3.82. The van der Waals surface area contributed by atoms with Crippen molar-refractivity contribution in [3.63, 3.8) is 0 Å². The van der Waals surface area contributed by atoms with Crippen LogP contribution in [-0.4, -0.2) is 37.7 Å². The third kappa shape index (κ3) is 2.74. The maximum Gasteiger partial charge on any atom is 0.0894 e. The van der Waals surface area contributed by atoms with E-state index in [0.29, 0.717) is 0 Å². The van der Waals surface area contributed by atoms with E-state index in [1.165, 1.54) is 0 Å². The molecule has 2 rings (SSSR count). The summed E-state index contributed by atoms with van der Waals surface area (Å²) in [5.41, 5.74) is 7.26. The van der Waals surface area contributed by atoms with Gasteiger partial charge in [-0.25, -0.2) is 0 Å². The van der Waals surface area contributed by atoms with E-state index in [1.807, 2.05) is 24.3 Å². The zero-order valence-electron chi connectivity index (χ0n) is 9.40. The van der Waals surface area contributed by atoms with Crippen molar-refractivity contribution >= 4 is 11.6 Å². The maximum absolute atomic E-state index is 6.19. The van der Waals surface area contributed by atoms with E-state index >= 15 is 0 Å². The van der Waals surface area contributed by atoms with Crippen molar-refractivity contribution in [1.29, 1.82) is 0 Å². The van der Waals surface area contributed by atoms with Gasteiger partial charge >= 0.3 is 0 Å². The summed E-state index contributed by atoms with van der Waals surface area (Å²) in [4.78, 5) is 2.24. The first-order valence-corrected chi connectivity index (χ1v) is 5.86. The molecule has 0 aromatic heterocycles. The van der Waals surface area contributed by atoms with Crippen molar-refractivity contribution in [3.05, 3.63) is 34.9 Å². The first kappa shape index (κ1) is 11.9. The van der Waals surface area contributed by atoms with E-state index < -0.39 is 0 Å². The molecule has 1 fully saturated rings. The average Bonchev–Trinajstić information content (AvgIpc) is 2.29. The Morgan fingerprint density at radius 3 is 2.75 bits per heavy atom. The number of halogens is 1. The monoisotopic (exact) mass is 240 g/mol. The van der Waals surface area contributed by atoms with Gasteiger partial charge in [-0.2, -0.15) is 0 Å². The Morgan fingerprint density at radius 2 is 2.12 bits per heavy atom. The van der Waals surface area contributed by atoms with Crippen LogP contribution in [0.1, 0.15) is 11.6 Å². The molecule has 0 saturated carbocycles. The standard InChI is InChI=1S/C12H17ClN2O/c1-15-6-7-16-11(8-15)12(14)9-2-4-10(13)5-3-9/h2-5,11-12H,6-8,14H2,1H3/t11-,12-/m1/s1. The first-order valence-electron chi connectivity index (χ1n) is 5.48. The number of nitrogens with zero attached hydrogens (tertiary/aromatic N) is 1. The minimum absolute atomic E-state index is 0.0694. The molecule has 4 heteroatoms. The first-order chi connectivity index (χ1) is 7.66. The number of hydrogen-bond acceptors (Lipinski definition) is 3. The van der Waals surface area contributed by atoms with E-state index in [9.17, 15) is 0 Å². The Bertz CT molecular complexity index is 341. The fourth-order valence-electron chi connectivity index (χ4n) is 1.93. The fourth-order valence-corrected chi connectivity index (χ4v) is 2.05. The van der Waals surface area contributed by atoms with Crippen LogP contribution in [0.15, 0.2) is 24.3 Å². The molecule has 0 spiro atoms. The van der Waals surface area contributed by atoms with Crippen molar-refractivity contribution in [1.82, 2.24) is 4.90 Å². The molecular formula is C12H17ClN2O. The second kappa shape index (κ2) is 5.15. The number of rotatable bonds is 2. The van der Waals surface area contributed by atoms with Gasteiger partial charge in [0, 0.05) is 18.1 Å². The van der Waals surface area contributed by atoms with Gasteiger partial charge in [-0.15, -0.1) is 0 Å². The zero-order valence-corrected chi connectivity index (χ0v) is 10.2. The third-order valence-corrected chi connectivity index (χ3v) is 3.20. The van der Waals surface area contributed by atoms with Gasteiger partial charge in [-0.3, -0.25) is 0 Å². The van der Waals surface area contributed by atoms with Gasteiger partial charge < -0.3 is 15.4 Å². The van der Waals surface area contributed by atoms with Crippen LogP contribution in [0.4, 0.5) is 0 Å². The lowest BCUT2D eigenvalue weighted by Gasteiger charge is -2.33. The number of morpholine rings is 1. The number of nitrogens with two attached hydrogens (primary N) is 1. The van der Waals surface area contributed by atoms with Crippen LogP contribution in [0.5, 0.6) is 0 Å². The number of benzene rings is 1. The van der Waals surface area contributed by atoms with E-state index in [-0.39, 0.29) is 12.1 Å². The van der Waals surface area contributed by atoms with Crippen LogP contribution in [0.25, 0.3) is 0 Å². The van der Waals surface area contributed by atoms with E-state index in [0.717, 1.165) is 30.3 Å². The zero-order chi connectivity index (χ0) is 11.5. The van der Waals surface area contributed by atoms with Gasteiger partial charge in [0.05, 0.1) is 18.8 Å². The number of hydrogen-bond donors (Lipinski definition) is 1. The molecule has 16 heavy (non-hydrogen) atoms. The van der Waals surface area contributed by atoms with Crippen LogP contribution >= 0.6 is 11.6 Å². The number of ether oxygens (including phenoxy) is 1. The quantitative estimate of drug-likeness (QED) is 0.855. The summed E-state index contributed by atoms with van der Waals surface area (Å²) >= 11 is 5.85. The Hall–Kier alpha value is -0.610. The lowest BCUT2D eigenvalue weighted by atomic mass is 10.0. The van der Waals surface area contributed by atoms with Crippen LogP contribution in [0, 0.1) is 0 Å². The molecule has 1 aliphatic heterocycles. The molecule has 1 heterocycles. The van der Waals surface area contributed by atoms with Gasteiger partial charge in [-0.05, 0) is 24.7 Å². The van der Waals surface area contributed by atoms with Gasteiger partial charge in [0.25, 0.3) is 0 Å². The fraction of sp³-hybridized carbons (Fsp3) is 0.500. The molecule has 0 radical (unpaired) electrons. The molecular weight excluding hydrogens is 224 g/mol. The molecule has 0 unspecified atom stereocenters. The molecule has 0 aliphatic carbocycles. The summed E-state index contributed by atoms with van der Waals surface area (Å²) in [5.74, 6) is 0. The van der Waals surface area contributed by atoms with Gasteiger partial charge in [0.15, 0.2) is 0 Å². The van der Waals surface area contributed by atoms with Crippen molar-refractivity contribution in [2.24, 2.45) is 5.73 Å². The molecule has 88 valence electrons. The molecule has 1 saturated heterocycles. The molecule has 1 aliphatic rings. The minimum Gasteiger partial charge on any atom is -0.374 e. The van der Waals surface area contributed by atoms with Crippen molar-refractivity contribution < 1.29 is 4.74 Å². The molecule has 3 nitrogen and oxygen atoms in total. The summed E-state index contributed by atoms with van der Waals surface area (Å²) in [5, 5.41) is 0.734. The topological polar surface area (TPSA) is 38.5 Å². The van der Waals surface area contributed by atoms with E-state index in [2.05, 4.69) is 11.9 Å². The SMILES string of the molecule is CN1CCO[C@@H]([C@H](N)c2ccc(Cl)cc2)C1. The van der Waals surface area contributed by atoms with Gasteiger partial charge in [0.2, 0.25) is 0 Å². The van der Waals surface area contributed by atoms with Gasteiger partial charge in [-0.1, -0.05) is 23.7 Å². The highest BCUT2D eigenvalue weighted by Crippen LogP contribution is 2.21.